The number of aliphatic hydroxyl groups is 20. The normalized spacial score (nSPS) is 49.5. The van der Waals surface area contributed by atoms with Gasteiger partial charge in [0.05, 0.1) is 76.6 Å². The quantitative estimate of drug-likeness (QED) is 0.0142. The average Bonchev–Trinajstić information content (AvgIpc) is 0.720. The molecule has 1 aromatic carbocycles. The van der Waals surface area contributed by atoms with E-state index in [1.807, 2.05) is 33.8 Å². The van der Waals surface area contributed by atoms with Gasteiger partial charge in [-0.3, -0.25) is 14.4 Å². The Bertz CT molecular complexity index is 3910. The predicted molar refractivity (Wildman–Crippen MR) is 407 cm³/mol. The van der Waals surface area contributed by atoms with Crippen LogP contribution in [0.15, 0.2) is 42.0 Å². The van der Waals surface area contributed by atoms with Gasteiger partial charge in [0.15, 0.2) is 49.9 Å². The molecular weight excluding hydrogens is 1660 g/mol. The molecule has 42 nitrogen and oxygen atoms in total. The number of methoxy groups -OCH3 is 1. The number of aliphatic carboxylic acids is 1. The van der Waals surface area contributed by atoms with Gasteiger partial charge in [-0.25, -0.2) is 4.79 Å². The molecule has 5 aliphatic carbocycles. The third kappa shape index (κ3) is 17.3. The van der Waals surface area contributed by atoms with E-state index in [-0.39, 0.29) is 51.4 Å². The molecule has 7 saturated heterocycles. The van der Waals surface area contributed by atoms with E-state index < -0.39 is 335 Å². The summed E-state index contributed by atoms with van der Waals surface area (Å²) in [6, 6.07) is 6.37. The Hall–Kier alpha value is -4.94. The number of hydrogen-bond donors (Lipinski definition) is 21. The summed E-state index contributed by atoms with van der Waals surface area (Å²) < 4.78 is 104. The minimum atomic E-state index is -2.41. The van der Waals surface area contributed by atoms with Gasteiger partial charge in [0, 0.05) is 18.4 Å². The molecule has 4 saturated carbocycles. The number of ether oxygens (including phenoxy) is 17. The largest absolute Gasteiger partial charge is 0.497 e. The Kier molecular flexibility index (Phi) is 29.1. The monoisotopic (exact) mass is 1780 g/mol. The van der Waals surface area contributed by atoms with Gasteiger partial charge in [-0.15, -0.1) is 0 Å². The van der Waals surface area contributed by atoms with Gasteiger partial charge in [-0.2, -0.15) is 0 Å². The van der Waals surface area contributed by atoms with Crippen LogP contribution in [0.2, 0.25) is 0 Å². The van der Waals surface area contributed by atoms with Crippen molar-refractivity contribution >= 4 is 30.0 Å². The molecular formula is C82H122O42. The first-order valence-electron chi connectivity index (χ1n) is 42.0. The van der Waals surface area contributed by atoms with Crippen molar-refractivity contribution in [3.05, 3.63) is 47.6 Å². The number of esters is 3. The van der Waals surface area contributed by atoms with Crippen LogP contribution in [0.3, 0.4) is 0 Å². The molecule has 12 aliphatic rings. The maximum Gasteiger partial charge on any atom is 0.331 e. The molecule has 11 fully saturated rings. The zero-order chi connectivity index (χ0) is 90.5. The fraction of sp³-hybridized carbons (Fsp3) is 0.829. The molecule has 0 bridgehead atoms. The molecule has 0 radical (unpaired) electrons. The van der Waals surface area contributed by atoms with Gasteiger partial charge in [0.25, 0.3) is 0 Å². The van der Waals surface area contributed by atoms with Gasteiger partial charge in [-0.05, 0) is 130 Å². The first kappa shape index (κ1) is 96.6. The topological polar surface area (TPSA) is 650 Å². The number of hydrogen-bond acceptors (Lipinski definition) is 41. The maximum absolute atomic E-state index is 16.9. The second-order valence-electron chi connectivity index (χ2n) is 37.0. The standard InChI is InChI=1S/C82H122O42/c1-32-59(118-67-54(98)48(92)40(89)27-110-67)62(120-73-65(103)81(107,30-86)31-111-73)58(102)70(112-32)122-64-63(121-71-57(101)61(51(95)42(26-84)115-71)119-68-55(99)53(97)50(94)43(116-68)28-109-34(3)87)60(117-47(91)17-12-35-10-13-36(108-9)14-11-35)33(2)113-72(64)124-75(106)82-21-20-80(29-85)37(38(82)22-76(4,5)24-46(82)90)15-16-44-77(6)23-39(88)66(79(8,74(104)105)45(77)18-19-78(44,80)7)123-69-56(100)52(96)49(93)41(25-83)114-69/h10-15,17,32-33,38-46,48-73,83-86,88-90,92-103,107H,16,18-31H2,1-9H3,(H,104,105). The molecule has 7 heterocycles. The summed E-state index contributed by atoms with van der Waals surface area (Å²) in [6.07, 6.45) is -62.3. The van der Waals surface area contributed by atoms with Crippen molar-refractivity contribution in [2.75, 3.05) is 53.4 Å². The highest BCUT2D eigenvalue weighted by Crippen LogP contribution is 2.76. The van der Waals surface area contributed by atoms with Crippen LogP contribution < -0.4 is 4.74 Å². The van der Waals surface area contributed by atoms with Gasteiger partial charge < -0.3 is 188 Å². The van der Waals surface area contributed by atoms with Crippen LogP contribution in [0.5, 0.6) is 5.75 Å². The lowest BCUT2D eigenvalue weighted by Crippen LogP contribution is -2.71. The summed E-state index contributed by atoms with van der Waals surface area (Å²) in [4.78, 5) is 57.6. The Morgan fingerprint density at radius 1 is 0.532 bits per heavy atom. The first-order chi connectivity index (χ1) is 58.4. The van der Waals surface area contributed by atoms with E-state index in [9.17, 15) is 122 Å². The van der Waals surface area contributed by atoms with Crippen LogP contribution >= 0.6 is 0 Å². The second-order valence-corrected chi connectivity index (χ2v) is 37.0. The van der Waals surface area contributed by atoms with Crippen LogP contribution in [0.1, 0.15) is 112 Å². The SMILES string of the molecule is COc1ccc(C=CC(=O)OC2C(C)OC(OC(=O)C34CCC5(CO)C(=CCC6C7(C)CC(O)C(OC8OC(CO)C(O)C(O)C8O)C(C)(C(=O)O)C7CCC65C)C3CC(C)(C)CC4O)C(OC3OC(C)C(OC4OCC(O)C(O)C4O)C(OC4OCC(O)(CO)C4O)C3O)C2OC2OC(CO)C(O)C(OC3OC(COC(C)=O)C(O)C(O)C3O)C2O)cc1. The third-order valence-electron chi connectivity index (χ3n) is 29.1. The maximum atomic E-state index is 16.9. The summed E-state index contributed by atoms with van der Waals surface area (Å²) in [5.74, 6) is -6.62. The van der Waals surface area contributed by atoms with Crippen LogP contribution in [0.4, 0.5) is 0 Å². The summed E-state index contributed by atoms with van der Waals surface area (Å²) in [5, 5.41) is 240. The zero-order valence-electron chi connectivity index (χ0n) is 70.0. The van der Waals surface area contributed by atoms with Crippen molar-refractivity contribution in [3.63, 3.8) is 0 Å². The molecule has 42 heteroatoms. The third-order valence-corrected chi connectivity index (χ3v) is 29.1. The number of aliphatic hydroxyl groups excluding tert-OH is 19. The average molecular weight is 1780 g/mol. The Balaban J connectivity index is 0.901. The smallest absolute Gasteiger partial charge is 0.331 e. The van der Waals surface area contributed by atoms with Gasteiger partial charge >= 0.3 is 23.9 Å². The fourth-order valence-corrected chi connectivity index (χ4v) is 22.1. The molecule has 13 rings (SSSR count). The first-order valence-corrected chi connectivity index (χ1v) is 42.0. The highest BCUT2D eigenvalue weighted by atomic mass is 16.8. The molecule has 124 heavy (non-hydrogen) atoms. The van der Waals surface area contributed by atoms with E-state index >= 15 is 4.79 Å². The Morgan fingerprint density at radius 2 is 1.10 bits per heavy atom. The van der Waals surface area contributed by atoms with Gasteiger partial charge in [0.1, 0.15) is 152 Å². The lowest BCUT2D eigenvalue weighted by atomic mass is 9.33. The highest BCUT2D eigenvalue weighted by Gasteiger charge is 2.75. The predicted octanol–water partition coefficient (Wildman–Crippen LogP) is -6.41. The number of carbonyl (C=O) groups excluding carboxylic acids is 3. The number of fused-ring (bicyclic) bond motifs is 7. The number of carbonyl (C=O) groups is 4. The Labute approximate surface area is 712 Å². The number of benzene rings is 1. The number of carboxylic acid groups (broad SMARTS) is 1. The van der Waals surface area contributed by atoms with E-state index in [2.05, 4.69) is 0 Å². The number of allylic oxidation sites excluding steroid dienone is 1. The number of carboxylic acids is 1. The van der Waals surface area contributed by atoms with Crippen molar-refractivity contribution in [2.24, 2.45) is 50.2 Å². The lowest BCUT2D eigenvalue weighted by molar-refractivity contribution is -0.402. The minimum absolute atomic E-state index is 0.0686. The van der Waals surface area contributed by atoms with Gasteiger partial charge in [-0.1, -0.05) is 51.5 Å². The minimum Gasteiger partial charge on any atom is -0.497 e. The van der Waals surface area contributed by atoms with Crippen molar-refractivity contribution in [1.29, 1.82) is 0 Å². The number of rotatable bonds is 25. The van der Waals surface area contributed by atoms with Crippen LogP contribution in [-0.4, -0.2) is 399 Å². The Morgan fingerprint density at radius 3 is 1.72 bits per heavy atom. The molecule has 0 aromatic heterocycles. The molecule has 702 valence electrons. The summed E-state index contributed by atoms with van der Waals surface area (Å²) >= 11 is 0. The molecule has 21 N–H and O–H groups in total. The molecule has 1 aromatic rings. The van der Waals surface area contributed by atoms with Crippen LogP contribution in [0.25, 0.3) is 6.08 Å². The van der Waals surface area contributed by atoms with Gasteiger partial charge in [0.2, 0.25) is 6.29 Å². The van der Waals surface area contributed by atoms with E-state index in [1.165, 1.54) is 34.0 Å². The highest BCUT2D eigenvalue weighted by molar-refractivity contribution is 5.87. The van der Waals surface area contributed by atoms with E-state index in [0.29, 0.717) is 16.9 Å². The fourth-order valence-electron chi connectivity index (χ4n) is 22.1. The van der Waals surface area contributed by atoms with Crippen molar-refractivity contribution in [2.45, 2.75) is 321 Å². The van der Waals surface area contributed by atoms with E-state index in [1.54, 1.807) is 24.3 Å². The van der Waals surface area contributed by atoms with Crippen LogP contribution in [0, 0.1) is 50.2 Å². The summed E-state index contributed by atoms with van der Waals surface area (Å²) in [5.41, 5.74) is -9.75. The van der Waals surface area contributed by atoms with Crippen molar-refractivity contribution in [3.8, 4) is 5.75 Å². The molecule has 7 aliphatic heterocycles. The molecule has 0 spiro atoms. The van der Waals surface area contributed by atoms with Crippen LogP contribution in [-0.2, 0) is 95.0 Å². The second kappa shape index (κ2) is 37.4. The summed E-state index contributed by atoms with van der Waals surface area (Å²) in [6.45, 7) is 6.92. The molecule has 43 unspecified atom stereocenters. The van der Waals surface area contributed by atoms with Crippen molar-refractivity contribution in [1.82, 2.24) is 0 Å². The van der Waals surface area contributed by atoms with E-state index in [0.717, 1.165) is 13.0 Å². The summed E-state index contributed by atoms with van der Waals surface area (Å²) in [7, 11) is 1.44. The lowest BCUT2D eigenvalue weighted by Gasteiger charge is -2.71. The van der Waals surface area contributed by atoms with E-state index in [4.69, 9.17) is 80.5 Å². The zero-order valence-corrected chi connectivity index (χ0v) is 70.0. The molecule has 0 amide bonds. The molecule has 43 atom stereocenters. The van der Waals surface area contributed by atoms with Crippen molar-refractivity contribution < 1.29 is 207 Å².